The van der Waals surface area contributed by atoms with Crippen molar-refractivity contribution in [2.45, 2.75) is 63.9 Å². The fourth-order valence-corrected chi connectivity index (χ4v) is 10.2. The first-order valence-electron chi connectivity index (χ1n) is 21.1. The number of fused-ring (bicyclic) bond motifs is 8. The highest BCUT2D eigenvalue weighted by Crippen LogP contribution is 2.48. The van der Waals surface area contributed by atoms with Gasteiger partial charge in [-0.1, -0.05) is 85.0 Å². The van der Waals surface area contributed by atoms with Gasteiger partial charge < -0.3 is 30.0 Å². The molecule has 4 aliphatic heterocycles. The first kappa shape index (κ1) is 42.7. The zero-order chi connectivity index (χ0) is 42.5. The van der Waals surface area contributed by atoms with Crippen LogP contribution in [-0.4, -0.2) is 93.4 Å². The molecule has 316 valence electrons. The number of aromatic nitrogens is 2. The van der Waals surface area contributed by atoms with E-state index < -0.39 is 0 Å². The van der Waals surface area contributed by atoms with E-state index in [-0.39, 0.29) is 84.0 Å². The highest BCUT2D eigenvalue weighted by molar-refractivity contribution is 5.81. The van der Waals surface area contributed by atoms with E-state index in [4.69, 9.17) is 0 Å². The molecule has 4 aliphatic rings. The van der Waals surface area contributed by atoms with Crippen LogP contribution in [0.15, 0.2) is 107 Å². The summed E-state index contributed by atoms with van der Waals surface area (Å²) in [5.74, 6) is -1.30. The number of amides is 2. The fraction of sp³-hybridized carbons (Fsp3) is 0.417. The van der Waals surface area contributed by atoms with Gasteiger partial charge in [0.05, 0.1) is 23.9 Å². The molecule has 2 aromatic heterocycles. The molecular formula is C48H58N6O6. The summed E-state index contributed by atoms with van der Waals surface area (Å²) < 4.78 is 3.59. The molecule has 4 aromatic rings. The van der Waals surface area contributed by atoms with Crippen molar-refractivity contribution in [3.05, 3.63) is 151 Å². The van der Waals surface area contributed by atoms with Gasteiger partial charge in [-0.25, -0.2) is 0 Å². The number of allylic oxidation sites excluding steroid dienone is 2. The van der Waals surface area contributed by atoms with Crippen LogP contribution in [0, 0.1) is 23.7 Å². The number of rotatable bonds is 12. The van der Waals surface area contributed by atoms with Crippen LogP contribution in [0.1, 0.15) is 59.6 Å². The maximum Gasteiger partial charge on any atom is 0.258 e. The molecule has 8 rings (SSSR count). The number of hydrogen-bond donors (Lipinski definition) is 4. The highest BCUT2D eigenvalue weighted by atomic mass is 16.3. The topological polar surface area (TPSA) is 149 Å². The number of carbonyl (C=O) groups is 2. The van der Waals surface area contributed by atoms with Crippen LogP contribution in [0.25, 0.3) is 12.2 Å². The van der Waals surface area contributed by atoms with Gasteiger partial charge in [-0.3, -0.25) is 29.0 Å². The average Bonchev–Trinajstić information content (AvgIpc) is 3.54. The standard InChI is InChI=1S/2C24H29N3O3/c2*1-3-7-17-10-11-19-22-21(23(29)25-13-12-16-8-5-4-6-9-16)18(15-28)20(26(22)2)14-27(19)24(17)30/h2*3-11,18,20-22,28H,12-15H2,1-2H3,(H,25,29)/b7-3+;7-3-/t2*18-,20-,21+,22+/m00/s1. The van der Waals surface area contributed by atoms with Crippen LogP contribution >= 0.6 is 0 Å². The lowest BCUT2D eigenvalue weighted by Crippen LogP contribution is -2.44. The monoisotopic (exact) mass is 814 g/mol. The molecule has 12 heteroatoms. The van der Waals surface area contributed by atoms with E-state index in [2.05, 4.69) is 20.4 Å². The molecule has 2 amide bonds. The molecule has 6 heterocycles. The average molecular weight is 815 g/mol. The van der Waals surface area contributed by atoms with Gasteiger partial charge >= 0.3 is 0 Å². The van der Waals surface area contributed by atoms with Gasteiger partial charge in [0.15, 0.2) is 0 Å². The van der Waals surface area contributed by atoms with Gasteiger partial charge in [0.25, 0.3) is 11.1 Å². The maximum absolute atomic E-state index is 13.2. The molecule has 0 aliphatic carbocycles. The Kier molecular flexibility index (Phi) is 13.4. The second-order valence-corrected chi connectivity index (χ2v) is 16.4. The zero-order valence-corrected chi connectivity index (χ0v) is 35.0. The Morgan fingerprint density at radius 1 is 0.617 bits per heavy atom. The van der Waals surface area contributed by atoms with Crippen molar-refractivity contribution >= 4 is 24.0 Å². The zero-order valence-electron chi connectivity index (χ0n) is 35.0. The molecule has 2 fully saturated rings. The lowest BCUT2D eigenvalue weighted by molar-refractivity contribution is -0.128. The van der Waals surface area contributed by atoms with Gasteiger partial charge in [0, 0.05) is 85.8 Å². The SMILES string of the molecule is C/C=C/c1ccc2n(c1=O)C[C@H]1[C@H](CO)[C@@H](C(=O)NCCc3ccccc3)[C@@H]2N1C.C/C=C\c1ccc2n(c1=O)C[C@H]1[C@H](CO)[C@@H](C(=O)NCCc3ccccc3)[C@@H]2N1C. The van der Waals surface area contributed by atoms with Crippen LogP contribution < -0.4 is 21.8 Å². The van der Waals surface area contributed by atoms with Crippen molar-refractivity contribution in [2.75, 3.05) is 40.4 Å². The van der Waals surface area contributed by atoms with Crippen molar-refractivity contribution < 1.29 is 19.8 Å². The third kappa shape index (κ3) is 8.21. The van der Waals surface area contributed by atoms with E-state index in [0.29, 0.717) is 37.3 Å². The first-order chi connectivity index (χ1) is 29.1. The number of nitrogens with zero attached hydrogens (tertiary/aromatic N) is 4. The number of pyridine rings is 2. The quantitative estimate of drug-likeness (QED) is 0.170. The number of aliphatic hydroxyl groups is 2. The van der Waals surface area contributed by atoms with E-state index in [1.807, 2.05) is 137 Å². The molecule has 0 spiro atoms. The minimum absolute atomic E-state index is 0.0319. The molecule has 0 radical (unpaired) electrons. The van der Waals surface area contributed by atoms with Crippen molar-refractivity contribution in [1.82, 2.24) is 29.6 Å². The summed E-state index contributed by atoms with van der Waals surface area (Å²) in [6, 6.07) is 27.1. The Labute approximate surface area is 351 Å². The van der Waals surface area contributed by atoms with Crippen molar-refractivity contribution in [3.8, 4) is 0 Å². The van der Waals surface area contributed by atoms with Gasteiger partial charge in [-0.15, -0.1) is 0 Å². The Hall–Kier alpha value is -5.40. The van der Waals surface area contributed by atoms with Gasteiger partial charge in [-0.05, 0) is 76.2 Å². The Morgan fingerprint density at radius 2 is 1.00 bits per heavy atom. The minimum atomic E-state index is -0.388. The Bertz CT molecular complexity index is 2160. The second-order valence-electron chi connectivity index (χ2n) is 16.4. The summed E-state index contributed by atoms with van der Waals surface area (Å²) in [5, 5.41) is 26.4. The predicted molar refractivity (Wildman–Crippen MR) is 234 cm³/mol. The number of benzene rings is 2. The van der Waals surface area contributed by atoms with E-state index in [1.165, 1.54) is 11.1 Å². The summed E-state index contributed by atoms with van der Waals surface area (Å²) in [5.41, 5.74) is 5.28. The van der Waals surface area contributed by atoms with Crippen LogP contribution in [0.2, 0.25) is 0 Å². The summed E-state index contributed by atoms with van der Waals surface area (Å²) in [4.78, 5) is 56.7. The molecular weight excluding hydrogens is 757 g/mol. The summed E-state index contributed by atoms with van der Waals surface area (Å²) in [7, 11) is 3.98. The van der Waals surface area contributed by atoms with Crippen molar-refractivity contribution in [1.29, 1.82) is 0 Å². The number of likely N-dealkylation sites (N-methyl/N-ethyl adjacent to an activating group) is 2. The summed E-state index contributed by atoms with van der Waals surface area (Å²) in [6.45, 7) is 5.70. The van der Waals surface area contributed by atoms with E-state index in [9.17, 15) is 29.4 Å². The van der Waals surface area contributed by atoms with Crippen LogP contribution in [0.4, 0.5) is 0 Å². The molecule has 4 N–H and O–H groups in total. The third-order valence-electron chi connectivity index (χ3n) is 13.2. The predicted octanol–water partition coefficient (Wildman–Crippen LogP) is 3.67. The maximum atomic E-state index is 13.2. The number of aliphatic hydroxyl groups excluding tert-OH is 2. The largest absolute Gasteiger partial charge is 0.396 e. The summed E-state index contributed by atoms with van der Waals surface area (Å²) >= 11 is 0. The van der Waals surface area contributed by atoms with Crippen molar-refractivity contribution in [3.63, 3.8) is 0 Å². The first-order valence-corrected chi connectivity index (χ1v) is 21.1. The Morgan fingerprint density at radius 3 is 1.35 bits per heavy atom. The molecule has 12 nitrogen and oxygen atoms in total. The molecule has 0 unspecified atom stereocenters. The minimum Gasteiger partial charge on any atom is -0.396 e. The van der Waals surface area contributed by atoms with Crippen LogP contribution in [-0.2, 0) is 35.5 Å². The lowest BCUT2D eigenvalue weighted by Gasteiger charge is -2.35. The number of nitrogens with one attached hydrogen (secondary N) is 2. The fourth-order valence-electron chi connectivity index (χ4n) is 10.2. The molecule has 0 saturated carbocycles. The second kappa shape index (κ2) is 18.9. The Balaban J connectivity index is 0.000000181. The van der Waals surface area contributed by atoms with Gasteiger partial charge in [0.1, 0.15) is 0 Å². The lowest BCUT2D eigenvalue weighted by atomic mass is 9.86. The normalized spacial score (nSPS) is 25.4. The van der Waals surface area contributed by atoms with Crippen LogP contribution in [0.5, 0.6) is 0 Å². The van der Waals surface area contributed by atoms with Crippen LogP contribution in [0.3, 0.4) is 0 Å². The molecule has 4 bridgehead atoms. The van der Waals surface area contributed by atoms with Gasteiger partial charge in [0.2, 0.25) is 11.8 Å². The van der Waals surface area contributed by atoms with E-state index in [1.54, 1.807) is 9.13 Å². The highest BCUT2D eigenvalue weighted by Gasteiger charge is 2.55. The molecule has 60 heavy (non-hydrogen) atoms. The number of hydrogen-bond acceptors (Lipinski definition) is 8. The molecule has 2 saturated heterocycles. The van der Waals surface area contributed by atoms with E-state index >= 15 is 0 Å². The third-order valence-corrected chi connectivity index (χ3v) is 13.2. The molecule has 8 atom stereocenters. The van der Waals surface area contributed by atoms with E-state index in [0.717, 1.165) is 24.2 Å². The van der Waals surface area contributed by atoms with Gasteiger partial charge in [-0.2, -0.15) is 0 Å². The number of carbonyl (C=O) groups excluding carboxylic acids is 2. The molecule has 2 aromatic carbocycles. The smallest absolute Gasteiger partial charge is 0.258 e. The van der Waals surface area contributed by atoms with Crippen molar-refractivity contribution in [2.24, 2.45) is 23.7 Å². The summed E-state index contributed by atoms with van der Waals surface area (Å²) in [6.07, 6.45) is 8.85.